The van der Waals surface area contributed by atoms with Gasteiger partial charge in [-0.25, -0.2) is 4.98 Å². The van der Waals surface area contributed by atoms with Gasteiger partial charge in [0.05, 0.1) is 0 Å². The van der Waals surface area contributed by atoms with Crippen LogP contribution in [0.3, 0.4) is 0 Å². The first-order chi connectivity index (χ1) is 12.0. The molecule has 1 heterocycles. The first kappa shape index (κ1) is 20.5. The molecule has 134 valence electrons. The summed E-state index contributed by atoms with van der Waals surface area (Å²) in [5.74, 6) is 1.32. The lowest BCUT2D eigenvalue weighted by molar-refractivity contribution is -0.122. The van der Waals surface area contributed by atoms with Crippen LogP contribution in [0.5, 0.6) is 0 Å². The lowest BCUT2D eigenvalue weighted by Crippen LogP contribution is -2.23. The second-order valence-electron chi connectivity index (χ2n) is 6.28. The average molecular weight is 339 g/mol. The minimum Gasteiger partial charge on any atom is -0.377 e. The molecule has 1 atom stereocenters. The van der Waals surface area contributed by atoms with E-state index < -0.39 is 0 Å². The Morgan fingerprint density at radius 2 is 1.96 bits per heavy atom. The molecule has 0 aliphatic carbocycles. The Labute approximate surface area is 151 Å². The Hall–Kier alpha value is -2.54. The van der Waals surface area contributed by atoms with Crippen LogP contribution in [0.15, 0.2) is 36.7 Å². The fourth-order valence-electron chi connectivity index (χ4n) is 2.97. The van der Waals surface area contributed by atoms with Crippen molar-refractivity contribution < 1.29 is 4.79 Å². The molecule has 2 aromatic rings. The maximum Gasteiger partial charge on any atom is 0.142 e. The highest BCUT2D eigenvalue weighted by molar-refractivity contribution is 5.84. The number of hydrogen-bond donors (Lipinski definition) is 0. The molecule has 0 fully saturated rings. The Kier molecular flexibility index (Phi) is 8.49. The van der Waals surface area contributed by atoms with Gasteiger partial charge in [-0.1, -0.05) is 31.5 Å². The predicted molar refractivity (Wildman–Crippen MR) is 105 cm³/mol. The Balaban J connectivity index is 0.00000151. The van der Waals surface area contributed by atoms with E-state index in [1.54, 1.807) is 6.20 Å². The summed E-state index contributed by atoms with van der Waals surface area (Å²) in [6.07, 6.45) is 14.2. The molecule has 1 aromatic heterocycles. The van der Waals surface area contributed by atoms with E-state index in [1.807, 2.05) is 39.3 Å². The third-order valence-electron chi connectivity index (χ3n) is 4.27. The molecule has 0 aliphatic rings. The van der Waals surface area contributed by atoms with Gasteiger partial charge in [-0.3, -0.25) is 4.79 Å². The number of hydrogen-bond acceptors (Lipinski definition) is 3. The molecule has 0 N–H and O–H groups in total. The van der Waals surface area contributed by atoms with Gasteiger partial charge in [-0.05, 0) is 25.0 Å². The number of aromatic nitrogens is 2. The molecule has 0 aliphatic heterocycles. The number of rotatable bonds is 8. The summed E-state index contributed by atoms with van der Waals surface area (Å²) in [6, 6.07) is 8.14. The van der Waals surface area contributed by atoms with Crippen molar-refractivity contribution >= 4 is 11.5 Å². The summed E-state index contributed by atoms with van der Waals surface area (Å²) in [4.78, 5) is 19.2. The highest BCUT2D eigenvalue weighted by Crippen LogP contribution is 2.22. The number of nitrogens with zero attached hydrogens (tertiary/aromatic N) is 3. The minimum atomic E-state index is 0.0446. The average Bonchev–Trinajstić information content (AvgIpc) is 3.01. The van der Waals surface area contributed by atoms with Crippen LogP contribution in [0.2, 0.25) is 0 Å². The molecular weight excluding hydrogens is 310 g/mol. The predicted octanol–water partition coefficient (Wildman–Crippen LogP) is 3.74. The summed E-state index contributed by atoms with van der Waals surface area (Å²) < 4.78 is 2.08. The number of Topliss-reactive ketones (excluding diaryl/α,β-unsaturated/α-hetero) is 1. The fourth-order valence-corrected chi connectivity index (χ4v) is 2.97. The SMILES string of the molecule is C#C.CCCC(Cn1ccnc1C)C(=O)Cc1ccccc1N(C)C. The van der Waals surface area contributed by atoms with E-state index in [0.717, 1.165) is 36.5 Å². The Morgan fingerprint density at radius 3 is 2.52 bits per heavy atom. The van der Waals surface area contributed by atoms with Gasteiger partial charge in [0.1, 0.15) is 11.6 Å². The van der Waals surface area contributed by atoms with E-state index in [1.165, 1.54) is 0 Å². The van der Waals surface area contributed by atoms with Crippen LogP contribution in [0.25, 0.3) is 0 Å². The van der Waals surface area contributed by atoms with Crippen LogP contribution >= 0.6 is 0 Å². The summed E-state index contributed by atoms with van der Waals surface area (Å²) in [7, 11) is 4.03. The van der Waals surface area contributed by atoms with E-state index in [4.69, 9.17) is 0 Å². The first-order valence-corrected chi connectivity index (χ1v) is 8.62. The van der Waals surface area contributed by atoms with Crippen molar-refractivity contribution in [2.24, 2.45) is 5.92 Å². The van der Waals surface area contributed by atoms with Gasteiger partial charge in [-0.2, -0.15) is 0 Å². The summed E-state index contributed by atoms with van der Waals surface area (Å²) in [6.45, 7) is 4.84. The van der Waals surface area contributed by atoms with Crippen LogP contribution in [-0.2, 0) is 17.8 Å². The van der Waals surface area contributed by atoms with Crippen LogP contribution in [0, 0.1) is 25.7 Å². The maximum absolute atomic E-state index is 12.9. The molecule has 0 bridgehead atoms. The zero-order chi connectivity index (χ0) is 18.8. The smallest absolute Gasteiger partial charge is 0.142 e. The molecule has 0 saturated carbocycles. The second-order valence-corrected chi connectivity index (χ2v) is 6.28. The van der Waals surface area contributed by atoms with Gasteiger partial charge in [-0.15, -0.1) is 12.8 Å². The molecule has 25 heavy (non-hydrogen) atoms. The van der Waals surface area contributed by atoms with E-state index in [0.29, 0.717) is 12.2 Å². The molecule has 1 aromatic carbocycles. The van der Waals surface area contributed by atoms with Gasteiger partial charge < -0.3 is 9.47 Å². The highest BCUT2D eigenvalue weighted by Gasteiger charge is 2.20. The van der Waals surface area contributed by atoms with Gasteiger partial charge in [0.15, 0.2) is 0 Å². The van der Waals surface area contributed by atoms with Crippen LogP contribution < -0.4 is 4.90 Å². The van der Waals surface area contributed by atoms with Gasteiger partial charge in [0, 0.05) is 51.1 Å². The molecule has 0 saturated heterocycles. The topological polar surface area (TPSA) is 38.1 Å². The monoisotopic (exact) mass is 339 g/mol. The van der Waals surface area contributed by atoms with E-state index >= 15 is 0 Å². The number of anilines is 1. The maximum atomic E-state index is 12.9. The third-order valence-corrected chi connectivity index (χ3v) is 4.27. The molecule has 0 amide bonds. The zero-order valence-electron chi connectivity index (χ0n) is 15.8. The summed E-state index contributed by atoms with van der Waals surface area (Å²) in [5.41, 5.74) is 2.22. The van der Waals surface area contributed by atoms with E-state index in [9.17, 15) is 4.79 Å². The largest absolute Gasteiger partial charge is 0.377 e. The molecule has 4 nitrogen and oxygen atoms in total. The van der Waals surface area contributed by atoms with Crippen molar-refractivity contribution in [3.05, 3.63) is 48.0 Å². The summed E-state index contributed by atoms with van der Waals surface area (Å²) >= 11 is 0. The van der Waals surface area contributed by atoms with Gasteiger partial charge >= 0.3 is 0 Å². The fraction of sp³-hybridized carbons (Fsp3) is 0.429. The number of imidazole rings is 1. The molecular formula is C21H29N3O. The van der Waals surface area contributed by atoms with E-state index in [-0.39, 0.29) is 5.92 Å². The molecule has 2 rings (SSSR count). The van der Waals surface area contributed by atoms with Gasteiger partial charge in [0.25, 0.3) is 0 Å². The number of terminal acetylenes is 1. The minimum absolute atomic E-state index is 0.0446. The zero-order valence-corrected chi connectivity index (χ0v) is 15.8. The van der Waals surface area contributed by atoms with Crippen molar-refractivity contribution in [3.8, 4) is 12.8 Å². The van der Waals surface area contributed by atoms with Crippen LogP contribution in [0.1, 0.15) is 31.2 Å². The molecule has 4 heteroatoms. The van der Waals surface area contributed by atoms with Crippen molar-refractivity contribution in [1.29, 1.82) is 0 Å². The summed E-state index contributed by atoms with van der Waals surface area (Å²) in [5, 5.41) is 0. The lowest BCUT2D eigenvalue weighted by atomic mass is 9.93. The number of aryl methyl sites for hydroxylation is 1. The first-order valence-electron chi connectivity index (χ1n) is 8.62. The highest BCUT2D eigenvalue weighted by atomic mass is 16.1. The lowest BCUT2D eigenvalue weighted by Gasteiger charge is -2.20. The number of ketones is 1. The Bertz CT molecular complexity index is 685. The Morgan fingerprint density at radius 1 is 1.28 bits per heavy atom. The van der Waals surface area contributed by atoms with Crippen LogP contribution in [0.4, 0.5) is 5.69 Å². The number of carbonyl (C=O) groups is 1. The quantitative estimate of drug-likeness (QED) is 0.688. The van der Waals surface area contributed by atoms with Crippen LogP contribution in [-0.4, -0.2) is 29.4 Å². The number of para-hydroxylation sites is 1. The standard InChI is InChI=1S/C19H27N3O.C2H2/c1-5-8-17(14-22-12-11-20-15(22)2)19(23)13-16-9-6-7-10-18(16)21(3)4;1-2/h6-7,9-12,17H,5,8,13-14H2,1-4H3;1-2H. The van der Waals surface area contributed by atoms with Gasteiger partial charge in [0.2, 0.25) is 0 Å². The normalized spacial score (nSPS) is 11.3. The van der Waals surface area contributed by atoms with Crippen molar-refractivity contribution in [2.45, 2.75) is 39.7 Å². The molecule has 0 radical (unpaired) electrons. The second kappa shape index (κ2) is 10.4. The molecule has 0 spiro atoms. The van der Waals surface area contributed by atoms with Crippen molar-refractivity contribution in [1.82, 2.24) is 9.55 Å². The number of carbonyl (C=O) groups excluding carboxylic acids is 1. The van der Waals surface area contributed by atoms with Crippen molar-refractivity contribution in [3.63, 3.8) is 0 Å². The third kappa shape index (κ3) is 5.79. The molecule has 1 unspecified atom stereocenters. The van der Waals surface area contributed by atoms with E-state index in [2.05, 4.69) is 46.4 Å². The van der Waals surface area contributed by atoms with Crippen molar-refractivity contribution in [2.75, 3.05) is 19.0 Å². The number of benzene rings is 1.